The number of hydrogen-bond donors (Lipinski definition) is 0. The Kier molecular flexibility index (Phi) is 7.92. The number of anilines is 1. The quantitative estimate of drug-likeness (QED) is 0.171. The minimum atomic E-state index is -0.0482. The SMILES string of the molecule is CC12C=CC=C[C@@H]1N(c1cc(-c3cc(-c4ccc(-c5ccccc5)cc4)nc(-c4ccccc4)n3)cc(-n3c4c(c5ccccc53)CCC=C4)c1)C1C=CC=CC12. The van der Waals surface area contributed by atoms with Crippen molar-refractivity contribution in [1.29, 1.82) is 0 Å². The summed E-state index contributed by atoms with van der Waals surface area (Å²) < 4.78 is 2.48. The normalized spacial score (nSPS) is 21.5. The predicted molar refractivity (Wildman–Crippen MR) is 236 cm³/mol. The first-order valence-electron chi connectivity index (χ1n) is 20.2. The molecule has 3 aliphatic carbocycles. The zero-order valence-corrected chi connectivity index (χ0v) is 31.9. The third-order valence-corrected chi connectivity index (χ3v) is 12.6. The van der Waals surface area contributed by atoms with Crippen molar-refractivity contribution in [2.45, 2.75) is 31.8 Å². The van der Waals surface area contributed by atoms with Gasteiger partial charge in [-0.15, -0.1) is 0 Å². The van der Waals surface area contributed by atoms with E-state index in [9.17, 15) is 0 Å². The van der Waals surface area contributed by atoms with Crippen molar-refractivity contribution in [2.24, 2.45) is 11.3 Å². The Balaban J connectivity index is 1.14. The first kappa shape index (κ1) is 33.5. The maximum absolute atomic E-state index is 5.38. The van der Waals surface area contributed by atoms with E-state index in [1.165, 1.54) is 39.0 Å². The van der Waals surface area contributed by atoms with Gasteiger partial charge in [0.25, 0.3) is 0 Å². The molecule has 4 nitrogen and oxygen atoms in total. The van der Waals surface area contributed by atoms with Gasteiger partial charge in [0, 0.05) is 50.5 Å². The van der Waals surface area contributed by atoms with Gasteiger partial charge in [0.15, 0.2) is 5.82 Å². The number of aryl methyl sites for hydroxylation is 1. The average molecular weight is 735 g/mol. The summed E-state index contributed by atoms with van der Waals surface area (Å²) in [6.45, 7) is 2.43. The lowest BCUT2D eigenvalue weighted by atomic mass is 9.70. The smallest absolute Gasteiger partial charge is 0.160 e. The highest BCUT2D eigenvalue weighted by Crippen LogP contribution is 2.53. The van der Waals surface area contributed by atoms with E-state index >= 15 is 0 Å². The molecular formula is C53H42N4. The average Bonchev–Trinajstić information content (AvgIpc) is 3.76. The first-order valence-corrected chi connectivity index (χ1v) is 20.2. The van der Waals surface area contributed by atoms with E-state index in [1.807, 2.05) is 6.07 Å². The lowest BCUT2D eigenvalue weighted by molar-refractivity contribution is 0.344. The van der Waals surface area contributed by atoms with Gasteiger partial charge in [0.2, 0.25) is 0 Å². The van der Waals surface area contributed by atoms with E-state index in [2.05, 4.69) is 205 Å². The molecule has 0 bridgehead atoms. The van der Waals surface area contributed by atoms with Gasteiger partial charge in [-0.1, -0.05) is 165 Å². The van der Waals surface area contributed by atoms with Crippen molar-refractivity contribution in [3.05, 3.63) is 199 Å². The summed E-state index contributed by atoms with van der Waals surface area (Å²) in [4.78, 5) is 13.3. The van der Waals surface area contributed by atoms with Crippen LogP contribution in [0.2, 0.25) is 0 Å². The Hall–Kier alpha value is -6.78. The summed E-state index contributed by atoms with van der Waals surface area (Å²) >= 11 is 0. The van der Waals surface area contributed by atoms with Crippen LogP contribution in [0.15, 0.2) is 188 Å². The number of fused-ring (bicyclic) bond motifs is 6. The van der Waals surface area contributed by atoms with E-state index in [1.54, 1.807) is 0 Å². The van der Waals surface area contributed by atoms with Gasteiger partial charge in [-0.05, 0) is 65.9 Å². The molecule has 0 radical (unpaired) electrons. The summed E-state index contributed by atoms with van der Waals surface area (Å²) in [5, 5.41) is 1.33. The van der Waals surface area contributed by atoms with Crippen molar-refractivity contribution in [3.8, 4) is 50.7 Å². The number of benzene rings is 5. The van der Waals surface area contributed by atoms with Crippen molar-refractivity contribution in [3.63, 3.8) is 0 Å². The molecule has 274 valence electrons. The molecule has 1 aliphatic heterocycles. The fraction of sp³-hybridized carbons (Fsp3) is 0.132. The van der Waals surface area contributed by atoms with Gasteiger partial charge in [-0.25, -0.2) is 9.97 Å². The van der Waals surface area contributed by atoms with Gasteiger partial charge in [0.05, 0.1) is 29.0 Å². The number of aromatic nitrogens is 3. The van der Waals surface area contributed by atoms with Gasteiger partial charge in [0.1, 0.15) is 0 Å². The van der Waals surface area contributed by atoms with Crippen LogP contribution in [-0.2, 0) is 6.42 Å². The number of para-hydroxylation sites is 1. The molecule has 4 heteroatoms. The van der Waals surface area contributed by atoms with Gasteiger partial charge in [-0.2, -0.15) is 0 Å². The number of hydrogen-bond acceptors (Lipinski definition) is 3. The Bertz CT molecular complexity index is 2820. The van der Waals surface area contributed by atoms with Crippen LogP contribution in [-0.4, -0.2) is 26.6 Å². The van der Waals surface area contributed by atoms with Gasteiger partial charge >= 0.3 is 0 Å². The lowest BCUT2D eigenvalue weighted by Crippen LogP contribution is -2.39. The van der Waals surface area contributed by atoms with Crippen LogP contribution in [0, 0.1) is 11.3 Å². The number of allylic oxidation sites excluding steroid dienone is 5. The lowest BCUT2D eigenvalue weighted by Gasteiger charge is -2.36. The molecule has 1 saturated heterocycles. The highest BCUT2D eigenvalue weighted by molar-refractivity contribution is 5.91. The van der Waals surface area contributed by atoms with Crippen LogP contribution in [0.5, 0.6) is 0 Å². The maximum Gasteiger partial charge on any atom is 0.160 e. The third-order valence-electron chi connectivity index (χ3n) is 12.6. The Morgan fingerprint density at radius 1 is 0.596 bits per heavy atom. The number of nitrogens with zero attached hydrogens (tertiary/aromatic N) is 4. The van der Waals surface area contributed by atoms with Crippen LogP contribution in [0.3, 0.4) is 0 Å². The highest BCUT2D eigenvalue weighted by atomic mass is 15.2. The summed E-state index contributed by atoms with van der Waals surface area (Å²) in [5.74, 6) is 1.06. The zero-order chi connectivity index (χ0) is 37.9. The largest absolute Gasteiger partial charge is 0.357 e. The maximum atomic E-state index is 5.38. The topological polar surface area (TPSA) is 34.0 Å². The van der Waals surface area contributed by atoms with Crippen LogP contribution < -0.4 is 4.90 Å². The second kappa shape index (κ2) is 13.5. The second-order valence-corrected chi connectivity index (χ2v) is 15.9. The predicted octanol–water partition coefficient (Wildman–Crippen LogP) is 12.5. The second-order valence-electron chi connectivity index (χ2n) is 15.9. The van der Waals surface area contributed by atoms with E-state index in [4.69, 9.17) is 9.97 Å². The van der Waals surface area contributed by atoms with Crippen molar-refractivity contribution in [2.75, 3.05) is 4.90 Å². The summed E-state index contributed by atoms with van der Waals surface area (Å²) in [6, 6.07) is 48.3. The molecule has 7 aromatic rings. The molecular weight excluding hydrogens is 693 g/mol. The first-order chi connectivity index (χ1) is 28.1. The molecule has 3 unspecified atom stereocenters. The molecule has 1 fully saturated rings. The van der Waals surface area contributed by atoms with E-state index in [0.717, 1.165) is 46.6 Å². The van der Waals surface area contributed by atoms with Crippen LogP contribution in [0.25, 0.3) is 67.7 Å². The van der Waals surface area contributed by atoms with Crippen molar-refractivity contribution >= 4 is 22.7 Å². The Morgan fingerprint density at radius 2 is 1.26 bits per heavy atom. The summed E-state index contributed by atoms with van der Waals surface area (Å²) in [7, 11) is 0. The minimum absolute atomic E-state index is 0.0482. The third kappa shape index (κ3) is 5.58. The molecule has 0 amide bonds. The number of rotatable bonds is 6. The van der Waals surface area contributed by atoms with Crippen molar-refractivity contribution in [1.82, 2.24) is 14.5 Å². The minimum Gasteiger partial charge on any atom is -0.357 e. The Labute approximate surface area is 334 Å². The summed E-state index contributed by atoms with van der Waals surface area (Å²) in [6.07, 6.45) is 25.3. The molecule has 0 spiro atoms. The van der Waals surface area contributed by atoms with Crippen LogP contribution in [0.1, 0.15) is 24.6 Å². The Morgan fingerprint density at radius 3 is 2.09 bits per heavy atom. The molecule has 3 heterocycles. The van der Waals surface area contributed by atoms with Gasteiger partial charge in [-0.3, -0.25) is 0 Å². The summed E-state index contributed by atoms with van der Waals surface area (Å²) in [5.41, 5.74) is 13.5. The standard InChI is InChI=1S/C53H42N4/c1-53-31-15-14-26-51(53)57(50-25-13-10-22-45(50)53)42-33-40(32-41(34-42)56-48-23-11-8-20-43(48)44-21-9-12-24-49(44)56)47-35-46(54-52(55-47)39-18-6-3-7-19-39)38-29-27-37(28-30-38)36-16-4-2-5-17-36/h2-8,10-20,22-35,45,50-51H,9,21H2,1H3/t45?,50?,51-,53?/m0/s1. The van der Waals surface area contributed by atoms with E-state index in [0.29, 0.717) is 11.7 Å². The fourth-order valence-electron chi connectivity index (χ4n) is 9.80. The monoisotopic (exact) mass is 734 g/mol. The molecule has 2 aromatic heterocycles. The van der Waals surface area contributed by atoms with Crippen molar-refractivity contribution < 1.29 is 0 Å². The fourth-order valence-corrected chi connectivity index (χ4v) is 9.80. The molecule has 0 saturated carbocycles. The van der Waals surface area contributed by atoms with Crippen LogP contribution >= 0.6 is 0 Å². The van der Waals surface area contributed by atoms with E-state index < -0.39 is 0 Å². The van der Waals surface area contributed by atoms with E-state index in [-0.39, 0.29) is 17.5 Å². The molecule has 4 aliphatic rings. The molecule has 0 N–H and O–H groups in total. The molecule has 11 rings (SSSR count). The van der Waals surface area contributed by atoms with Crippen LogP contribution in [0.4, 0.5) is 5.69 Å². The molecule has 5 aromatic carbocycles. The molecule has 4 atom stereocenters. The highest BCUT2D eigenvalue weighted by Gasteiger charge is 2.53. The zero-order valence-electron chi connectivity index (χ0n) is 31.9. The molecule has 57 heavy (non-hydrogen) atoms. The van der Waals surface area contributed by atoms with Gasteiger partial charge < -0.3 is 9.47 Å².